The molecule has 4 aromatic carbocycles. The van der Waals surface area contributed by atoms with E-state index in [1.807, 2.05) is 6.07 Å². The van der Waals surface area contributed by atoms with E-state index in [0.717, 1.165) is 38.4 Å². The van der Waals surface area contributed by atoms with Gasteiger partial charge in [-0.05, 0) is 70.5 Å². The lowest BCUT2D eigenvalue weighted by Gasteiger charge is -2.19. The van der Waals surface area contributed by atoms with Gasteiger partial charge in [0.1, 0.15) is 22.6 Å². The van der Waals surface area contributed by atoms with E-state index >= 15 is 0 Å². The molecule has 262 valence electrons. The Hall–Kier alpha value is -7.00. The van der Waals surface area contributed by atoms with Crippen molar-refractivity contribution in [3.05, 3.63) is 83.9 Å². The molecular weight excluding hydrogens is 677 g/mol. The van der Waals surface area contributed by atoms with Crippen LogP contribution >= 0.6 is 0 Å². The number of H-pyrrole nitrogens is 2. The molecule has 2 N–H and O–H groups in total. The molecule has 0 radical (unpaired) electrons. The van der Waals surface area contributed by atoms with Crippen molar-refractivity contribution >= 4 is 67.7 Å². The number of rotatable bonds is 2. The Balaban J connectivity index is 1.47. The fourth-order valence-electron chi connectivity index (χ4n) is 6.95. The summed E-state index contributed by atoms with van der Waals surface area (Å²) in [6, 6.07) is 23.2. The Kier molecular flexibility index (Phi) is 7.16. The molecule has 0 unspecified atom stereocenters. The number of hydrogen-bond donors (Lipinski definition) is 2. The maximum atomic E-state index is 11.2. The van der Waals surface area contributed by atoms with E-state index in [-0.39, 0.29) is 10.8 Å². The van der Waals surface area contributed by atoms with Gasteiger partial charge in [-0.3, -0.25) is 0 Å². The third-order valence-corrected chi connectivity index (χ3v) is 9.88. The Morgan fingerprint density at radius 3 is 1.41 bits per heavy atom. The predicted molar refractivity (Wildman–Crippen MR) is 209 cm³/mol. The highest BCUT2D eigenvalue weighted by molar-refractivity contribution is 6.07. The van der Waals surface area contributed by atoms with E-state index in [1.54, 1.807) is 42.5 Å². The normalized spacial score (nSPS) is 12.3. The summed E-state index contributed by atoms with van der Waals surface area (Å²) < 4.78 is 0. The van der Waals surface area contributed by atoms with E-state index < -0.39 is 0 Å². The molecule has 0 atom stereocenters. The van der Waals surface area contributed by atoms with Crippen molar-refractivity contribution in [1.82, 2.24) is 39.9 Å². The third-order valence-electron chi connectivity index (χ3n) is 9.88. The molecule has 0 fully saturated rings. The van der Waals surface area contributed by atoms with Crippen molar-refractivity contribution in [1.29, 1.82) is 0 Å². The number of isocyanates is 2. The number of fused-ring (bicyclic) bond motifs is 20. The molecule has 0 amide bonds. The van der Waals surface area contributed by atoms with Crippen molar-refractivity contribution in [2.75, 3.05) is 0 Å². The minimum atomic E-state index is -0.125. The second-order valence-electron chi connectivity index (χ2n) is 15.5. The standard InChI is InChI=1S/C42H32N10O2/c1-41(2,3)21-7-11-25-29(15-21)38-46-33(25)45-37-30-16-22(42(4,5)6)8-12-26(30)34(47-37)49-39-32-18-24(44-20-54)10-14-28(32)36(51-39)52-40-31-17-23(43-19-53)9-13-27(31)35(48-38)50-40/h7-18H,1-6H3,(H2,45,46,47,48,49,50,51,52). The number of carbonyl (C=O) groups excluding carboxylic acids is 2. The van der Waals surface area contributed by atoms with Gasteiger partial charge >= 0.3 is 0 Å². The minimum absolute atomic E-state index is 0.122. The smallest absolute Gasteiger partial charge is 0.240 e. The average Bonchev–Trinajstić information content (AvgIpc) is 3.86. The van der Waals surface area contributed by atoms with E-state index in [4.69, 9.17) is 29.9 Å². The number of nitrogens with zero attached hydrogens (tertiary/aromatic N) is 8. The summed E-state index contributed by atoms with van der Waals surface area (Å²) >= 11 is 0. The molecule has 0 aliphatic carbocycles. The molecule has 12 heteroatoms. The first-order valence-electron chi connectivity index (χ1n) is 17.4. The van der Waals surface area contributed by atoms with Gasteiger partial charge in [0.2, 0.25) is 12.2 Å². The third kappa shape index (κ3) is 5.40. The molecule has 8 bridgehead atoms. The van der Waals surface area contributed by atoms with Gasteiger partial charge < -0.3 is 9.97 Å². The number of benzene rings is 4. The van der Waals surface area contributed by atoms with Gasteiger partial charge in [-0.2, -0.15) is 9.98 Å². The van der Waals surface area contributed by atoms with Crippen molar-refractivity contribution in [3.63, 3.8) is 0 Å². The first-order valence-corrected chi connectivity index (χ1v) is 17.4. The van der Waals surface area contributed by atoms with E-state index in [0.29, 0.717) is 73.8 Å². The maximum Gasteiger partial charge on any atom is 0.240 e. The summed E-state index contributed by atoms with van der Waals surface area (Å²) in [5.41, 5.74) is 7.95. The molecule has 3 aromatic heterocycles. The van der Waals surface area contributed by atoms with Gasteiger partial charge in [-0.1, -0.05) is 65.8 Å². The second-order valence-corrected chi connectivity index (χ2v) is 15.5. The molecule has 0 saturated heterocycles. The second kappa shape index (κ2) is 11.8. The van der Waals surface area contributed by atoms with Gasteiger partial charge in [-0.15, -0.1) is 0 Å². The summed E-state index contributed by atoms with van der Waals surface area (Å²) in [5, 5.41) is 3.13. The SMILES string of the molecule is CC(C)(C)c1ccc2c(c1)-c1nc-2nc2[nH]c(nc3nc(nc4[nH]c(n1)c1ccc(N=C=O)cc41)-c1ccc(N=C=O)cc1-3)c1ccc(C(C)(C)C)cc21. The van der Waals surface area contributed by atoms with Crippen LogP contribution in [0.15, 0.2) is 82.8 Å². The molecular formula is C42H32N10O2. The van der Waals surface area contributed by atoms with E-state index in [9.17, 15) is 9.59 Å². The minimum Gasteiger partial charge on any atom is -0.324 e. The largest absolute Gasteiger partial charge is 0.324 e. The Morgan fingerprint density at radius 1 is 0.444 bits per heavy atom. The summed E-state index contributed by atoms with van der Waals surface area (Å²) in [5.74, 6) is 1.74. The van der Waals surface area contributed by atoms with Crippen LogP contribution in [0.1, 0.15) is 52.7 Å². The molecule has 2 aliphatic heterocycles. The number of nitrogens with one attached hydrogen (secondary N) is 2. The number of aliphatic imine (C=N–C) groups is 2. The van der Waals surface area contributed by atoms with Crippen molar-refractivity contribution in [3.8, 4) is 45.6 Å². The lowest BCUT2D eigenvalue weighted by atomic mass is 9.85. The summed E-state index contributed by atoms with van der Waals surface area (Å²) in [6.45, 7) is 13.0. The first-order chi connectivity index (χ1) is 25.9. The van der Waals surface area contributed by atoms with E-state index in [2.05, 4.69) is 97.9 Å². The zero-order valence-electron chi connectivity index (χ0n) is 30.3. The lowest BCUT2D eigenvalue weighted by molar-refractivity contribution is 0.564. The Labute approximate surface area is 308 Å². The topological polar surface area (TPSA) is 168 Å². The Bertz CT molecular complexity index is 3040. The van der Waals surface area contributed by atoms with Crippen LogP contribution in [0.2, 0.25) is 0 Å². The molecule has 54 heavy (non-hydrogen) atoms. The maximum absolute atomic E-state index is 11.2. The number of aromatic nitrogens is 8. The van der Waals surface area contributed by atoms with Gasteiger partial charge in [0, 0.05) is 43.8 Å². The van der Waals surface area contributed by atoms with Crippen LogP contribution in [-0.2, 0) is 20.4 Å². The highest BCUT2D eigenvalue weighted by Crippen LogP contribution is 2.40. The highest BCUT2D eigenvalue weighted by atomic mass is 16.1. The zero-order chi connectivity index (χ0) is 37.5. The average molecular weight is 709 g/mol. The first kappa shape index (κ1) is 32.9. The van der Waals surface area contributed by atoms with E-state index in [1.165, 1.54) is 0 Å². The van der Waals surface area contributed by atoms with Crippen molar-refractivity contribution in [2.24, 2.45) is 9.98 Å². The van der Waals surface area contributed by atoms with Crippen LogP contribution in [0.4, 0.5) is 11.4 Å². The molecule has 5 heterocycles. The van der Waals surface area contributed by atoms with Crippen molar-refractivity contribution in [2.45, 2.75) is 52.4 Å². The fraction of sp³-hybridized carbons (Fsp3) is 0.190. The van der Waals surface area contributed by atoms with Crippen LogP contribution in [0.3, 0.4) is 0 Å². The van der Waals surface area contributed by atoms with Gasteiger partial charge in [0.15, 0.2) is 23.3 Å². The molecule has 0 saturated carbocycles. The van der Waals surface area contributed by atoms with Crippen LogP contribution in [0.5, 0.6) is 0 Å². The zero-order valence-corrected chi connectivity index (χ0v) is 30.3. The Morgan fingerprint density at radius 2 is 0.852 bits per heavy atom. The molecule has 9 rings (SSSR count). The predicted octanol–water partition coefficient (Wildman–Crippen LogP) is 9.40. The van der Waals surface area contributed by atoms with Crippen LogP contribution in [0, 0.1) is 0 Å². The molecule has 0 spiro atoms. The van der Waals surface area contributed by atoms with Crippen molar-refractivity contribution < 1.29 is 9.59 Å². The van der Waals surface area contributed by atoms with Crippen LogP contribution in [-0.4, -0.2) is 52.0 Å². The monoisotopic (exact) mass is 708 g/mol. The number of aromatic amines is 2. The highest BCUT2D eigenvalue weighted by Gasteiger charge is 2.25. The van der Waals surface area contributed by atoms with Gasteiger partial charge in [-0.25, -0.2) is 39.5 Å². The summed E-state index contributed by atoms with van der Waals surface area (Å²) in [4.78, 5) is 67.5. The molecule has 2 aliphatic rings. The van der Waals surface area contributed by atoms with Crippen LogP contribution < -0.4 is 0 Å². The molecule has 7 aromatic rings. The van der Waals surface area contributed by atoms with Gasteiger partial charge in [0.05, 0.1) is 11.4 Å². The quantitative estimate of drug-likeness (QED) is 0.132. The van der Waals surface area contributed by atoms with Crippen LogP contribution in [0.25, 0.3) is 89.7 Å². The van der Waals surface area contributed by atoms with Gasteiger partial charge in [0.25, 0.3) is 0 Å². The fourth-order valence-corrected chi connectivity index (χ4v) is 6.95. The lowest BCUT2D eigenvalue weighted by Crippen LogP contribution is -2.10. The summed E-state index contributed by atoms with van der Waals surface area (Å²) in [7, 11) is 0. The molecule has 12 nitrogen and oxygen atoms in total. The number of hydrogen-bond acceptors (Lipinski definition) is 10. The summed E-state index contributed by atoms with van der Waals surface area (Å²) in [6.07, 6.45) is 3.25.